The van der Waals surface area contributed by atoms with E-state index in [4.69, 9.17) is 4.98 Å². The molecular weight excluding hydrogens is 508 g/mol. The molecule has 9 heteroatoms. The summed E-state index contributed by atoms with van der Waals surface area (Å²) in [6.45, 7) is 3.53. The van der Waals surface area contributed by atoms with Gasteiger partial charge >= 0.3 is 0 Å². The van der Waals surface area contributed by atoms with E-state index in [1.165, 1.54) is 6.20 Å². The molecule has 0 saturated heterocycles. The fourth-order valence-electron chi connectivity index (χ4n) is 4.13. The lowest BCUT2D eigenvalue weighted by atomic mass is 10.1. The Kier molecular flexibility index (Phi) is 7.77. The van der Waals surface area contributed by atoms with Gasteiger partial charge in [0.25, 0.3) is 11.5 Å². The number of nitrogens with one attached hydrogen (secondary N) is 1. The first kappa shape index (κ1) is 24.8. The zero-order valence-corrected chi connectivity index (χ0v) is 21.7. The number of carbonyl (C=O) groups excluding carboxylic acids is 1. The van der Waals surface area contributed by atoms with Gasteiger partial charge in [-0.2, -0.15) is 5.10 Å². The Morgan fingerprint density at radius 1 is 1.09 bits per heavy atom. The van der Waals surface area contributed by atoms with Gasteiger partial charge in [0, 0.05) is 23.1 Å². The van der Waals surface area contributed by atoms with Crippen molar-refractivity contribution in [1.29, 1.82) is 0 Å². The Morgan fingerprint density at radius 3 is 2.46 bits per heavy atom. The number of hydrogen-bond donors (Lipinski definition) is 1. The highest BCUT2D eigenvalue weighted by Crippen LogP contribution is 2.26. The van der Waals surface area contributed by atoms with E-state index in [9.17, 15) is 9.59 Å². The van der Waals surface area contributed by atoms with E-state index < -0.39 is 6.04 Å². The number of nitrogens with zero attached hydrogens (tertiary/aromatic N) is 5. The predicted molar refractivity (Wildman–Crippen MR) is 140 cm³/mol. The minimum Gasteiger partial charge on any atom is -0.327 e. The molecular formula is C26H29BrN6O2. The van der Waals surface area contributed by atoms with Gasteiger partial charge in [0.15, 0.2) is 5.65 Å². The Bertz CT molecular complexity index is 1350. The van der Waals surface area contributed by atoms with E-state index in [1.807, 2.05) is 85.4 Å². The molecule has 8 nitrogen and oxygen atoms in total. The topological polar surface area (TPSA) is 87.1 Å². The van der Waals surface area contributed by atoms with Crippen LogP contribution in [0.25, 0.3) is 11.0 Å². The first-order valence-corrected chi connectivity index (χ1v) is 12.4. The molecule has 0 bridgehead atoms. The largest absolute Gasteiger partial charge is 0.327 e. The van der Waals surface area contributed by atoms with Crippen LogP contribution in [0.3, 0.4) is 0 Å². The summed E-state index contributed by atoms with van der Waals surface area (Å²) in [5, 5.41) is 7.30. The average Bonchev–Trinajstić information content (AvgIpc) is 3.33. The van der Waals surface area contributed by atoms with Crippen LogP contribution < -0.4 is 5.56 Å². The van der Waals surface area contributed by atoms with Crippen LogP contribution in [0.1, 0.15) is 41.1 Å². The van der Waals surface area contributed by atoms with Crippen molar-refractivity contribution in [2.24, 2.45) is 0 Å². The number of H-pyrrole nitrogens is 1. The summed E-state index contributed by atoms with van der Waals surface area (Å²) < 4.78 is 2.59. The number of aromatic nitrogens is 4. The Hall–Kier alpha value is -3.30. The third-order valence-corrected chi connectivity index (χ3v) is 6.51. The molecule has 35 heavy (non-hydrogen) atoms. The number of likely N-dealkylation sites (N-methyl/N-ethyl adjacent to an activating group) is 1. The molecule has 0 aliphatic carbocycles. The molecule has 1 N–H and O–H groups in total. The third-order valence-electron chi connectivity index (χ3n) is 5.98. The second-order valence-corrected chi connectivity index (χ2v) is 9.63. The summed E-state index contributed by atoms with van der Waals surface area (Å²) in [6, 6.07) is 16.7. The standard InChI is InChI=1S/C26H29BrN6O2/c1-4-22(32(15-14-31(2)3)25(34)19-10-12-20(27)13-11-19)24-29-23-21(16-28-30-23)26(35)33(24)17-18-8-6-5-7-9-18/h5-13,16,22H,4,14-15,17H2,1-3H3,(H,28,30). The second kappa shape index (κ2) is 11.0. The van der Waals surface area contributed by atoms with E-state index in [-0.39, 0.29) is 11.5 Å². The molecule has 4 aromatic rings. The van der Waals surface area contributed by atoms with Gasteiger partial charge in [0.2, 0.25) is 0 Å². The van der Waals surface area contributed by atoms with E-state index in [0.717, 1.165) is 10.0 Å². The number of benzene rings is 2. The average molecular weight is 537 g/mol. The Balaban J connectivity index is 1.84. The van der Waals surface area contributed by atoms with Gasteiger partial charge in [-0.3, -0.25) is 19.3 Å². The van der Waals surface area contributed by atoms with Crippen LogP contribution in [0.2, 0.25) is 0 Å². The van der Waals surface area contributed by atoms with Crippen molar-refractivity contribution >= 4 is 32.9 Å². The van der Waals surface area contributed by atoms with Crippen LogP contribution in [0.5, 0.6) is 0 Å². The summed E-state index contributed by atoms with van der Waals surface area (Å²) in [7, 11) is 3.95. The van der Waals surface area contributed by atoms with Crippen molar-refractivity contribution in [2.75, 3.05) is 27.2 Å². The fraction of sp³-hybridized carbons (Fsp3) is 0.308. The molecule has 1 unspecified atom stereocenters. The number of hydrogen-bond acceptors (Lipinski definition) is 5. The zero-order chi connectivity index (χ0) is 24.9. The van der Waals surface area contributed by atoms with Crippen molar-refractivity contribution in [3.63, 3.8) is 0 Å². The van der Waals surface area contributed by atoms with Crippen molar-refractivity contribution in [2.45, 2.75) is 25.9 Å². The van der Waals surface area contributed by atoms with Crippen molar-refractivity contribution in [1.82, 2.24) is 29.5 Å². The lowest BCUT2D eigenvalue weighted by molar-refractivity contribution is 0.0642. The van der Waals surface area contributed by atoms with Crippen molar-refractivity contribution < 1.29 is 4.79 Å². The number of carbonyl (C=O) groups is 1. The maximum Gasteiger partial charge on any atom is 0.265 e. The summed E-state index contributed by atoms with van der Waals surface area (Å²) in [4.78, 5) is 36.0. The van der Waals surface area contributed by atoms with Crippen LogP contribution in [-0.2, 0) is 6.54 Å². The quantitative estimate of drug-likeness (QED) is 0.348. The lowest BCUT2D eigenvalue weighted by Gasteiger charge is -2.33. The molecule has 2 heterocycles. The SMILES string of the molecule is CCC(c1nc2[nH]ncc2c(=O)n1Cc1ccccc1)N(CCN(C)C)C(=O)c1ccc(Br)cc1. The predicted octanol–water partition coefficient (Wildman–Crippen LogP) is 4.09. The summed E-state index contributed by atoms with van der Waals surface area (Å²) >= 11 is 3.44. The van der Waals surface area contributed by atoms with Crippen LogP contribution in [-0.4, -0.2) is 62.6 Å². The van der Waals surface area contributed by atoms with Gasteiger partial charge in [-0.15, -0.1) is 0 Å². The van der Waals surface area contributed by atoms with Crippen LogP contribution in [0, 0.1) is 0 Å². The smallest absolute Gasteiger partial charge is 0.265 e. The molecule has 1 atom stereocenters. The number of amides is 1. The first-order chi connectivity index (χ1) is 16.9. The zero-order valence-electron chi connectivity index (χ0n) is 20.1. The summed E-state index contributed by atoms with van der Waals surface area (Å²) in [5.41, 5.74) is 1.82. The molecule has 1 amide bonds. The molecule has 182 valence electrons. The summed E-state index contributed by atoms with van der Waals surface area (Å²) in [6.07, 6.45) is 2.10. The van der Waals surface area contributed by atoms with Crippen molar-refractivity contribution in [3.8, 4) is 0 Å². The van der Waals surface area contributed by atoms with Crippen LogP contribution in [0.4, 0.5) is 0 Å². The van der Waals surface area contributed by atoms with Gasteiger partial charge in [-0.25, -0.2) is 4.98 Å². The lowest BCUT2D eigenvalue weighted by Crippen LogP contribution is -2.42. The maximum atomic E-state index is 13.8. The van der Waals surface area contributed by atoms with Gasteiger partial charge in [-0.05, 0) is 50.3 Å². The number of rotatable bonds is 9. The van der Waals surface area contributed by atoms with E-state index >= 15 is 0 Å². The first-order valence-electron chi connectivity index (χ1n) is 11.6. The maximum absolute atomic E-state index is 13.8. The van der Waals surface area contributed by atoms with Gasteiger partial charge in [0.1, 0.15) is 11.2 Å². The number of fused-ring (bicyclic) bond motifs is 1. The van der Waals surface area contributed by atoms with E-state index in [1.54, 1.807) is 4.57 Å². The number of aromatic amines is 1. The van der Waals surface area contributed by atoms with Crippen LogP contribution >= 0.6 is 15.9 Å². The molecule has 0 fully saturated rings. The number of halogens is 1. The van der Waals surface area contributed by atoms with Gasteiger partial charge < -0.3 is 9.80 Å². The molecule has 0 radical (unpaired) electrons. The normalized spacial score (nSPS) is 12.3. The Morgan fingerprint density at radius 2 is 1.80 bits per heavy atom. The Labute approximate surface area is 212 Å². The van der Waals surface area contributed by atoms with E-state index in [2.05, 4.69) is 26.1 Å². The highest BCUT2D eigenvalue weighted by Gasteiger charge is 2.29. The van der Waals surface area contributed by atoms with Gasteiger partial charge in [-0.1, -0.05) is 53.2 Å². The third kappa shape index (κ3) is 5.52. The highest BCUT2D eigenvalue weighted by atomic mass is 79.9. The molecule has 0 saturated carbocycles. The molecule has 0 aliphatic rings. The monoisotopic (exact) mass is 536 g/mol. The highest BCUT2D eigenvalue weighted by molar-refractivity contribution is 9.10. The second-order valence-electron chi connectivity index (χ2n) is 8.71. The van der Waals surface area contributed by atoms with Crippen LogP contribution in [0.15, 0.2) is 70.1 Å². The summed E-state index contributed by atoms with van der Waals surface area (Å²) in [5.74, 6) is 0.443. The molecule has 0 aliphatic heterocycles. The van der Waals surface area contributed by atoms with Crippen molar-refractivity contribution in [3.05, 3.63) is 92.6 Å². The molecule has 0 spiro atoms. The minimum atomic E-state index is -0.407. The van der Waals surface area contributed by atoms with Gasteiger partial charge in [0.05, 0.1) is 18.8 Å². The fourth-order valence-corrected chi connectivity index (χ4v) is 4.39. The minimum absolute atomic E-state index is 0.101. The molecule has 4 rings (SSSR count). The van der Waals surface area contributed by atoms with E-state index in [0.29, 0.717) is 48.5 Å². The molecule has 2 aromatic carbocycles. The molecule has 2 aromatic heterocycles.